The average molecular weight is 330 g/mol. The number of nitrogens with one attached hydrogen (secondary N) is 1. The number of benzene rings is 1. The summed E-state index contributed by atoms with van der Waals surface area (Å²) in [6, 6.07) is 4.38. The summed E-state index contributed by atoms with van der Waals surface area (Å²) in [7, 11) is 1.67. The molecule has 1 fully saturated rings. The second-order valence-corrected chi connectivity index (χ2v) is 6.51. The molecule has 2 rings (SSSR count). The molecule has 0 amide bonds. The molecule has 22 heavy (non-hydrogen) atoms. The van der Waals surface area contributed by atoms with Crippen molar-refractivity contribution in [3.05, 3.63) is 34.6 Å². The van der Waals surface area contributed by atoms with Crippen LogP contribution >= 0.6 is 11.6 Å². The van der Waals surface area contributed by atoms with Gasteiger partial charge in [-0.2, -0.15) is 0 Å². The maximum Gasteiger partial charge on any atom is 0.125 e. The quantitative estimate of drug-likeness (QED) is 0.752. The lowest BCUT2D eigenvalue weighted by Crippen LogP contribution is -2.44. The molecule has 1 heterocycles. The van der Waals surface area contributed by atoms with Gasteiger partial charge in [-0.3, -0.25) is 0 Å². The molecule has 1 aliphatic heterocycles. The van der Waals surface area contributed by atoms with Crippen LogP contribution in [0, 0.1) is 11.7 Å². The van der Waals surface area contributed by atoms with Crippen molar-refractivity contribution < 1.29 is 14.2 Å². The van der Waals surface area contributed by atoms with E-state index >= 15 is 0 Å². The average Bonchev–Trinajstić information content (AvgIpc) is 2.51. The number of unbranched alkanes of at least 4 members (excludes halogenated alkanes) is 1. The number of halogens is 2. The molecule has 0 saturated carbocycles. The van der Waals surface area contributed by atoms with Crippen LogP contribution in [0.3, 0.4) is 0 Å². The van der Waals surface area contributed by atoms with Crippen molar-refractivity contribution in [3.8, 4) is 0 Å². The summed E-state index contributed by atoms with van der Waals surface area (Å²) in [5, 5.41) is 15.0. The minimum absolute atomic E-state index is 0.0710. The number of rotatable bonds is 7. The van der Waals surface area contributed by atoms with Crippen molar-refractivity contribution >= 4 is 11.6 Å². The lowest BCUT2D eigenvalue weighted by Gasteiger charge is -2.39. The van der Waals surface area contributed by atoms with Crippen LogP contribution in [-0.2, 0) is 10.3 Å². The lowest BCUT2D eigenvalue weighted by molar-refractivity contribution is -0.0436. The summed E-state index contributed by atoms with van der Waals surface area (Å²) < 4.78 is 18.8. The van der Waals surface area contributed by atoms with Crippen LogP contribution in [0.2, 0.25) is 5.02 Å². The summed E-state index contributed by atoms with van der Waals surface area (Å²) in [6.45, 7) is 2.39. The third-order valence-electron chi connectivity index (χ3n) is 4.49. The van der Waals surface area contributed by atoms with Gasteiger partial charge in [-0.05, 0) is 62.4 Å². The Bertz CT molecular complexity index is 459. The first-order valence-electron chi connectivity index (χ1n) is 7.95. The SMILES string of the molecule is COCCCC[C@@](O)(c1cc(F)cc(Cl)c1)C1CCCNC1. The Morgan fingerprint density at radius 1 is 1.41 bits per heavy atom. The zero-order chi connectivity index (χ0) is 16.0. The van der Waals surface area contributed by atoms with Gasteiger partial charge in [0.05, 0.1) is 5.60 Å². The van der Waals surface area contributed by atoms with Gasteiger partial charge in [-0.25, -0.2) is 4.39 Å². The highest BCUT2D eigenvalue weighted by Crippen LogP contribution is 2.39. The van der Waals surface area contributed by atoms with Crippen LogP contribution in [0.1, 0.15) is 37.7 Å². The molecule has 2 N–H and O–H groups in total. The number of hydrogen-bond donors (Lipinski definition) is 2. The minimum atomic E-state index is -1.05. The molecule has 1 aliphatic rings. The van der Waals surface area contributed by atoms with E-state index < -0.39 is 11.4 Å². The summed E-state index contributed by atoms with van der Waals surface area (Å²) in [6.07, 6.45) is 4.25. The topological polar surface area (TPSA) is 41.5 Å². The highest BCUT2D eigenvalue weighted by Gasteiger charge is 2.38. The van der Waals surface area contributed by atoms with Gasteiger partial charge in [0.1, 0.15) is 5.82 Å². The van der Waals surface area contributed by atoms with E-state index in [1.54, 1.807) is 13.2 Å². The van der Waals surface area contributed by atoms with Crippen LogP contribution in [0.25, 0.3) is 0 Å². The van der Waals surface area contributed by atoms with E-state index in [0.717, 1.165) is 38.8 Å². The van der Waals surface area contributed by atoms with Gasteiger partial charge < -0.3 is 15.2 Å². The van der Waals surface area contributed by atoms with E-state index in [1.165, 1.54) is 12.1 Å². The van der Waals surface area contributed by atoms with Crippen LogP contribution < -0.4 is 5.32 Å². The third kappa shape index (κ3) is 4.42. The van der Waals surface area contributed by atoms with Gasteiger partial charge in [0, 0.05) is 31.2 Å². The molecule has 1 saturated heterocycles. The minimum Gasteiger partial charge on any atom is -0.385 e. The summed E-state index contributed by atoms with van der Waals surface area (Å²) in [5.74, 6) is -0.330. The van der Waals surface area contributed by atoms with E-state index in [4.69, 9.17) is 16.3 Å². The molecule has 0 radical (unpaired) electrons. The molecule has 1 aromatic rings. The molecule has 3 nitrogen and oxygen atoms in total. The summed E-state index contributed by atoms with van der Waals surface area (Å²) >= 11 is 5.99. The van der Waals surface area contributed by atoms with Crippen molar-refractivity contribution in [2.24, 2.45) is 5.92 Å². The zero-order valence-corrected chi connectivity index (χ0v) is 13.8. The predicted octanol–water partition coefficient (Wildman–Crippen LogP) is 3.48. The maximum atomic E-state index is 13.7. The normalized spacial score (nSPS) is 21.5. The second-order valence-electron chi connectivity index (χ2n) is 6.08. The van der Waals surface area contributed by atoms with Gasteiger partial charge >= 0.3 is 0 Å². The number of hydrogen-bond acceptors (Lipinski definition) is 3. The van der Waals surface area contributed by atoms with Gasteiger partial charge in [-0.15, -0.1) is 0 Å². The Hall–Kier alpha value is -0.680. The van der Waals surface area contributed by atoms with Gasteiger partial charge in [0.2, 0.25) is 0 Å². The van der Waals surface area contributed by atoms with Crippen LogP contribution in [0.15, 0.2) is 18.2 Å². The number of aliphatic hydroxyl groups is 1. The van der Waals surface area contributed by atoms with Gasteiger partial charge in [-0.1, -0.05) is 11.6 Å². The molecule has 0 spiro atoms. The fourth-order valence-corrected chi connectivity index (χ4v) is 3.51. The molecular formula is C17H25ClFNO2. The fourth-order valence-electron chi connectivity index (χ4n) is 3.29. The standard InChI is InChI=1S/C17H25ClFNO2/c1-22-8-3-2-6-17(21,13-5-4-7-20-12-13)14-9-15(18)11-16(19)10-14/h9-11,13,20-21H,2-8,12H2,1H3/t13?,17-/m0/s1. The molecule has 2 atom stereocenters. The van der Waals surface area contributed by atoms with Gasteiger partial charge in [0.15, 0.2) is 0 Å². The van der Waals surface area contributed by atoms with Crippen molar-refractivity contribution in [1.29, 1.82) is 0 Å². The second kappa shape index (κ2) is 8.25. The van der Waals surface area contributed by atoms with Crippen molar-refractivity contribution in [1.82, 2.24) is 5.32 Å². The monoisotopic (exact) mass is 329 g/mol. The van der Waals surface area contributed by atoms with Crippen LogP contribution in [0.4, 0.5) is 4.39 Å². The van der Waals surface area contributed by atoms with Crippen LogP contribution in [0.5, 0.6) is 0 Å². The highest BCUT2D eigenvalue weighted by molar-refractivity contribution is 6.30. The largest absolute Gasteiger partial charge is 0.385 e. The fraction of sp³-hybridized carbons (Fsp3) is 0.647. The maximum absolute atomic E-state index is 13.7. The molecule has 0 aromatic heterocycles. The van der Waals surface area contributed by atoms with E-state index in [0.29, 0.717) is 23.6 Å². The van der Waals surface area contributed by atoms with Crippen LogP contribution in [-0.4, -0.2) is 31.9 Å². The van der Waals surface area contributed by atoms with E-state index in [-0.39, 0.29) is 5.92 Å². The number of methoxy groups -OCH3 is 1. The van der Waals surface area contributed by atoms with Crippen molar-refractivity contribution in [2.75, 3.05) is 26.8 Å². The van der Waals surface area contributed by atoms with E-state index in [9.17, 15) is 9.50 Å². The Morgan fingerprint density at radius 3 is 2.86 bits per heavy atom. The van der Waals surface area contributed by atoms with Crippen molar-refractivity contribution in [3.63, 3.8) is 0 Å². The molecular weight excluding hydrogens is 305 g/mol. The zero-order valence-electron chi connectivity index (χ0n) is 13.1. The van der Waals surface area contributed by atoms with E-state index in [2.05, 4.69) is 5.32 Å². The Balaban J connectivity index is 2.22. The molecule has 0 aliphatic carbocycles. The molecule has 1 unspecified atom stereocenters. The van der Waals surface area contributed by atoms with Gasteiger partial charge in [0.25, 0.3) is 0 Å². The smallest absolute Gasteiger partial charge is 0.125 e. The number of ether oxygens (including phenoxy) is 1. The third-order valence-corrected chi connectivity index (χ3v) is 4.71. The Morgan fingerprint density at radius 2 is 2.23 bits per heavy atom. The molecule has 124 valence electrons. The first-order chi connectivity index (χ1) is 10.6. The van der Waals surface area contributed by atoms with E-state index in [1.807, 2.05) is 0 Å². The first-order valence-corrected chi connectivity index (χ1v) is 8.32. The van der Waals surface area contributed by atoms with Crippen molar-refractivity contribution in [2.45, 2.75) is 37.7 Å². The Kier molecular flexibility index (Phi) is 6.63. The molecule has 0 bridgehead atoms. The highest BCUT2D eigenvalue weighted by atomic mass is 35.5. The summed E-state index contributed by atoms with van der Waals surface area (Å²) in [4.78, 5) is 0. The number of piperidine rings is 1. The first kappa shape index (κ1) is 17.7. The molecule has 5 heteroatoms. The Labute approximate surface area is 136 Å². The lowest BCUT2D eigenvalue weighted by atomic mass is 9.74. The summed E-state index contributed by atoms with van der Waals surface area (Å²) in [5.41, 5.74) is -0.462. The predicted molar refractivity (Wildman–Crippen MR) is 86.6 cm³/mol. The molecule has 1 aromatic carbocycles.